The molecule has 2 nitrogen and oxygen atoms in total. The fraction of sp³-hybridized carbons (Fsp3) is 0.500. The molecule has 0 spiro atoms. The maximum atomic E-state index is 6.48. The van der Waals surface area contributed by atoms with Crippen molar-refractivity contribution in [1.82, 2.24) is 9.78 Å². The monoisotopic (exact) mass is 302 g/mol. The minimum absolute atomic E-state index is 0.0750. The fourth-order valence-corrected chi connectivity index (χ4v) is 3.42. The number of alkyl halides is 1. The number of rotatable bonds is 5. The van der Waals surface area contributed by atoms with Gasteiger partial charge in [0.15, 0.2) is 0 Å². The van der Waals surface area contributed by atoms with Gasteiger partial charge < -0.3 is 0 Å². The minimum Gasteiger partial charge on any atom is -0.269 e. The van der Waals surface area contributed by atoms with Gasteiger partial charge in [0.1, 0.15) is 0 Å². The summed E-state index contributed by atoms with van der Waals surface area (Å²) in [5.41, 5.74) is 2.37. The minimum atomic E-state index is 0.0750. The van der Waals surface area contributed by atoms with Gasteiger partial charge in [0, 0.05) is 6.20 Å². The van der Waals surface area contributed by atoms with Crippen LogP contribution in [0.4, 0.5) is 0 Å². The molecular formula is C18H23ClN2. The van der Waals surface area contributed by atoms with Crippen molar-refractivity contribution in [1.29, 1.82) is 0 Å². The number of nitrogens with zero attached hydrogens (tertiary/aromatic N) is 2. The Labute approximate surface area is 132 Å². The first-order valence-electron chi connectivity index (χ1n) is 8.06. The zero-order valence-electron chi connectivity index (χ0n) is 12.4. The second kappa shape index (κ2) is 7.13. The molecule has 1 atom stereocenters. The second-order valence-electron chi connectivity index (χ2n) is 6.00. The van der Waals surface area contributed by atoms with E-state index in [0.29, 0.717) is 6.04 Å². The molecule has 1 aromatic heterocycles. The number of hydrogen-bond acceptors (Lipinski definition) is 1. The third-order valence-electron chi connectivity index (χ3n) is 4.43. The van der Waals surface area contributed by atoms with Crippen molar-refractivity contribution in [2.24, 2.45) is 0 Å². The van der Waals surface area contributed by atoms with Gasteiger partial charge in [-0.05, 0) is 37.3 Å². The standard InChI is InChI=1S/C18H23ClN2/c19-18(15-7-3-1-4-8-15)12-11-16-13-14-21(20-16)17-9-5-2-6-10-17/h1,3-4,7-8,13-14,17-18H,2,5-6,9-12H2. The average molecular weight is 303 g/mol. The Bertz CT molecular complexity index is 543. The first-order chi connectivity index (χ1) is 10.3. The maximum absolute atomic E-state index is 6.48. The van der Waals surface area contributed by atoms with Gasteiger partial charge in [0.2, 0.25) is 0 Å². The molecular weight excluding hydrogens is 280 g/mol. The molecule has 1 heterocycles. The van der Waals surface area contributed by atoms with Crippen LogP contribution >= 0.6 is 11.6 Å². The Kier molecular flexibility index (Phi) is 4.97. The summed E-state index contributed by atoms with van der Waals surface area (Å²) in [6, 6.07) is 13.1. The molecule has 21 heavy (non-hydrogen) atoms. The molecule has 0 N–H and O–H groups in total. The number of benzene rings is 1. The second-order valence-corrected chi connectivity index (χ2v) is 6.52. The highest BCUT2D eigenvalue weighted by molar-refractivity contribution is 6.20. The van der Waals surface area contributed by atoms with Crippen LogP contribution in [0.5, 0.6) is 0 Å². The number of hydrogen-bond donors (Lipinski definition) is 0. The van der Waals surface area contributed by atoms with Crippen LogP contribution in [0.15, 0.2) is 42.6 Å². The molecule has 1 fully saturated rings. The number of aryl methyl sites for hydroxylation is 1. The Morgan fingerprint density at radius 2 is 1.86 bits per heavy atom. The lowest BCUT2D eigenvalue weighted by molar-refractivity contribution is 0.328. The highest BCUT2D eigenvalue weighted by Gasteiger charge is 2.16. The Hall–Kier alpha value is -1.28. The molecule has 1 aliphatic carbocycles. The van der Waals surface area contributed by atoms with Gasteiger partial charge in [-0.1, -0.05) is 49.6 Å². The summed E-state index contributed by atoms with van der Waals surface area (Å²) in [4.78, 5) is 0. The van der Waals surface area contributed by atoms with Gasteiger partial charge in [-0.2, -0.15) is 5.10 Å². The molecule has 1 saturated carbocycles. The lowest BCUT2D eigenvalue weighted by Crippen LogP contribution is -2.13. The van der Waals surface area contributed by atoms with Crippen LogP contribution < -0.4 is 0 Å². The lowest BCUT2D eigenvalue weighted by atomic mass is 9.96. The molecule has 3 heteroatoms. The van der Waals surface area contributed by atoms with Gasteiger partial charge >= 0.3 is 0 Å². The van der Waals surface area contributed by atoms with Crippen molar-refractivity contribution in [3.8, 4) is 0 Å². The van der Waals surface area contributed by atoms with Crippen molar-refractivity contribution in [2.75, 3.05) is 0 Å². The largest absolute Gasteiger partial charge is 0.269 e. The van der Waals surface area contributed by atoms with Gasteiger partial charge in [-0.15, -0.1) is 11.6 Å². The topological polar surface area (TPSA) is 17.8 Å². The van der Waals surface area contributed by atoms with Crippen LogP contribution in [0, 0.1) is 0 Å². The van der Waals surface area contributed by atoms with E-state index >= 15 is 0 Å². The van der Waals surface area contributed by atoms with E-state index in [-0.39, 0.29) is 5.38 Å². The molecule has 0 amide bonds. The van der Waals surface area contributed by atoms with Crippen molar-refractivity contribution < 1.29 is 0 Å². The van der Waals surface area contributed by atoms with E-state index in [1.807, 2.05) is 18.2 Å². The van der Waals surface area contributed by atoms with Gasteiger partial charge in [0.25, 0.3) is 0 Å². The van der Waals surface area contributed by atoms with Gasteiger partial charge in [0.05, 0.1) is 17.1 Å². The molecule has 0 saturated heterocycles. The molecule has 112 valence electrons. The van der Waals surface area contributed by atoms with Gasteiger partial charge in [-0.25, -0.2) is 0 Å². The van der Waals surface area contributed by atoms with Crippen LogP contribution in [0.25, 0.3) is 0 Å². The summed E-state index contributed by atoms with van der Waals surface area (Å²) in [6.45, 7) is 0. The molecule has 3 rings (SSSR count). The van der Waals surface area contributed by atoms with Gasteiger partial charge in [-0.3, -0.25) is 4.68 Å². The smallest absolute Gasteiger partial charge is 0.0625 e. The van der Waals surface area contributed by atoms with E-state index in [1.165, 1.54) is 43.4 Å². The summed E-state index contributed by atoms with van der Waals surface area (Å²) in [5, 5.41) is 4.83. The predicted molar refractivity (Wildman–Crippen MR) is 87.7 cm³/mol. The van der Waals surface area contributed by atoms with Crippen LogP contribution in [-0.4, -0.2) is 9.78 Å². The third-order valence-corrected chi connectivity index (χ3v) is 4.90. The number of aromatic nitrogens is 2. The average Bonchev–Trinajstić information content (AvgIpc) is 3.03. The molecule has 0 radical (unpaired) electrons. The zero-order valence-corrected chi connectivity index (χ0v) is 13.2. The van der Waals surface area contributed by atoms with Crippen molar-refractivity contribution >= 4 is 11.6 Å². The Balaban J connectivity index is 1.55. The SMILES string of the molecule is ClC(CCc1ccn(C2CCCCC2)n1)c1ccccc1. The maximum Gasteiger partial charge on any atom is 0.0625 e. The van der Waals surface area contributed by atoms with Crippen LogP contribution in [0.2, 0.25) is 0 Å². The highest BCUT2D eigenvalue weighted by Crippen LogP contribution is 2.28. The van der Waals surface area contributed by atoms with E-state index in [2.05, 4.69) is 29.1 Å². The summed E-state index contributed by atoms with van der Waals surface area (Å²) in [7, 11) is 0. The third kappa shape index (κ3) is 3.88. The van der Waals surface area contributed by atoms with E-state index < -0.39 is 0 Å². The van der Waals surface area contributed by atoms with Crippen molar-refractivity contribution in [3.63, 3.8) is 0 Å². The fourth-order valence-electron chi connectivity index (χ4n) is 3.16. The molecule has 1 unspecified atom stereocenters. The number of halogens is 1. The van der Waals surface area contributed by atoms with Crippen molar-refractivity contribution in [3.05, 3.63) is 53.9 Å². The summed E-state index contributed by atoms with van der Waals surface area (Å²) >= 11 is 6.48. The predicted octanol–water partition coefficient (Wildman–Crippen LogP) is 5.30. The lowest BCUT2D eigenvalue weighted by Gasteiger charge is -2.21. The first-order valence-corrected chi connectivity index (χ1v) is 8.49. The van der Waals surface area contributed by atoms with E-state index in [0.717, 1.165) is 12.8 Å². The van der Waals surface area contributed by atoms with Crippen LogP contribution in [0.3, 0.4) is 0 Å². The first kappa shape index (κ1) is 14.6. The van der Waals surface area contributed by atoms with E-state index in [1.54, 1.807) is 0 Å². The quantitative estimate of drug-likeness (QED) is 0.685. The zero-order chi connectivity index (χ0) is 14.5. The molecule has 0 aliphatic heterocycles. The summed E-state index contributed by atoms with van der Waals surface area (Å²) < 4.78 is 2.18. The van der Waals surface area contributed by atoms with E-state index in [4.69, 9.17) is 16.7 Å². The molecule has 2 aromatic rings. The Morgan fingerprint density at radius 3 is 2.62 bits per heavy atom. The molecule has 1 aliphatic rings. The van der Waals surface area contributed by atoms with Crippen molar-refractivity contribution in [2.45, 2.75) is 56.4 Å². The Morgan fingerprint density at radius 1 is 1.10 bits per heavy atom. The molecule has 1 aromatic carbocycles. The van der Waals surface area contributed by atoms with E-state index in [9.17, 15) is 0 Å². The van der Waals surface area contributed by atoms with Crippen LogP contribution in [0.1, 0.15) is 61.2 Å². The normalized spacial score (nSPS) is 17.8. The molecule has 0 bridgehead atoms. The highest BCUT2D eigenvalue weighted by atomic mass is 35.5. The van der Waals surface area contributed by atoms with Crippen LogP contribution in [-0.2, 0) is 6.42 Å². The summed E-state index contributed by atoms with van der Waals surface area (Å²) in [5.74, 6) is 0. The summed E-state index contributed by atoms with van der Waals surface area (Å²) in [6.07, 6.45) is 10.7.